The van der Waals surface area contributed by atoms with Crippen molar-refractivity contribution in [2.24, 2.45) is 0 Å². The van der Waals surface area contributed by atoms with Crippen LogP contribution in [0.1, 0.15) is 12.8 Å². The van der Waals surface area contributed by atoms with E-state index >= 15 is 0 Å². The quantitative estimate of drug-likeness (QED) is 0.542. The lowest BCUT2D eigenvalue weighted by molar-refractivity contribution is -0.117. The summed E-state index contributed by atoms with van der Waals surface area (Å²) in [4.78, 5) is 11.7. The zero-order chi connectivity index (χ0) is 5.11. The molecule has 0 bridgehead atoms. The normalized spacial score (nSPS) is 15.8. The molecule has 1 aliphatic rings. The molecule has 0 aliphatic carbocycles. The summed E-state index contributed by atoms with van der Waals surface area (Å²) in [5.74, 6) is 0. The third-order valence-electron chi connectivity index (χ3n) is 1.29. The molecule has 0 aromatic carbocycles. The van der Waals surface area contributed by atoms with Crippen molar-refractivity contribution in [3.63, 3.8) is 0 Å². The van der Waals surface area contributed by atoms with E-state index in [2.05, 4.69) is 0 Å². The largest absolute Gasteiger partial charge is 0.345 e. The SMILES string of the molecule is Cl.Cl.O=CN1CCCC1. The lowest BCUT2D eigenvalue weighted by atomic mass is 10.4. The lowest BCUT2D eigenvalue weighted by Gasteiger charge is -2.03. The Bertz CT molecular complexity index is 73.4. The molecule has 1 saturated heterocycles. The number of rotatable bonds is 1. The van der Waals surface area contributed by atoms with Gasteiger partial charge < -0.3 is 4.90 Å². The van der Waals surface area contributed by atoms with Gasteiger partial charge in [0, 0.05) is 13.1 Å². The van der Waals surface area contributed by atoms with Crippen LogP contribution in [0.25, 0.3) is 0 Å². The molecule has 1 fully saturated rings. The number of carbonyl (C=O) groups excluding carboxylic acids is 1. The van der Waals surface area contributed by atoms with Gasteiger partial charge in [-0.05, 0) is 12.8 Å². The highest BCUT2D eigenvalue weighted by atomic mass is 35.5. The molecule has 0 atom stereocenters. The number of amides is 1. The van der Waals surface area contributed by atoms with Gasteiger partial charge in [-0.2, -0.15) is 0 Å². The van der Waals surface area contributed by atoms with Crippen LogP contribution >= 0.6 is 24.8 Å². The Balaban J connectivity index is 0. The molecule has 4 heteroatoms. The molecule has 0 aromatic heterocycles. The highest BCUT2D eigenvalue weighted by molar-refractivity contribution is 5.85. The predicted molar refractivity (Wildman–Crippen MR) is 41.4 cm³/mol. The average Bonchev–Trinajstić information content (AvgIpc) is 2.14. The molecule has 1 heterocycles. The van der Waals surface area contributed by atoms with Gasteiger partial charge in [0.2, 0.25) is 6.41 Å². The Hall–Kier alpha value is 0.0500. The first kappa shape index (κ1) is 11.8. The minimum Gasteiger partial charge on any atom is -0.345 e. The van der Waals surface area contributed by atoms with Crippen LogP contribution in [0.4, 0.5) is 0 Å². The Morgan fingerprint density at radius 3 is 1.78 bits per heavy atom. The first-order valence-corrected chi connectivity index (χ1v) is 2.63. The second-order valence-electron chi connectivity index (χ2n) is 1.85. The van der Waals surface area contributed by atoms with Gasteiger partial charge in [0.25, 0.3) is 0 Å². The fourth-order valence-electron chi connectivity index (χ4n) is 0.847. The molecule has 1 aliphatic heterocycles. The van der Waals surface area contributed by atoms with Crippen molar-refractivity contribution in [3.8, 4) is 0 Å². The van der Waals surface area contributed by atoms with Crippen molar-refractivity contribution in [1.29, 1.82) is 0 Å². The topological polar surface area (TPSA) is 20.3 Å². The van der Waals surface area contributed by atoms with Crippen LogP contribution in [0.2, 0.25) is 0 Å². The maximum atomic E-state index is 9.93. The first-order valence-electron chi connectivity index (χ1n) is 2.63. The molecule has 0 aromatic rings. The number of hydrogen-bond acceptors (Lipinski definition) is 1. The monoisotopic (exact) mass is 171 g/mol. The van der Waals surface area contributed by atoms with E-state index in [-0.39, 0.29) is 24.8 Å². The standard InChI is InChI=1S/C5H9NO.2ClH/c7-5-6-3-1-2-4-6;;/h5H,1-4H2;2*1H. The molecule has 2 nitrogen and oxygen atoms in total. The molecular formula is C5H11Cl2NO. The van der Waals surface area contributed by atoms with E-state index in [9.17, 15) is 4.79 Å². The highest BCUT2D eigenvalue weighted by Gasteiger charge is 2.06. The van der Waals surface area contributed by atoms with E-state index in [0.29, 0.717) is 0 Å². The third kappa shape index (κ3) is 3.60. The minimum atomic E-state index is 0. The smallest absolute Gasteiger partial charge is 0.209 e. The summed E-state index contributed by atoms with van der Waals surface area (Å²) < 4.78 is 0. The van der Waals surface area contributed by atoms with E-state index in [1.54, 1.807) is 4.90 Å². The minimum absolute atomic E-state index is 0. The van der Waals surface area contributed by atoms with Gasteiger partial charge in [-0.25, -0.2) is 0 Å². The van der Waals surface area contributed by atoms with E-state index in [1.165, 1.54) is 12.8 Å². The maximum Gasteiger partial charge on any atom is 0.209 e. The van der Waals surface area contributed by atoms with Crippen LogP contribution in [0.3, 0.4) is 0 Å². The summed E-state index contributed by atoms with van der Waals surface area (Å²) in [5.41, 5.74) is 0. The van der Waals surface area contributed by atoms with Gasteiger partial charge in [-0.3, -0.25) is 4.79 Å². The third-order valence-corrected chi connectivity index (χ3v) is 1.29. The zero-order valence-corrected chi connectivity index (χ0v) is 6.71. The molecule has 0 radical (unpaired) electrons. The molecule has 1 rings (SSSR count). The van der Waals surface area contributed by atoms with Crippen LogP contribution in [0.5, 0.6) is 0 Å². The summed E-state index contributed by atoms with van der Waals surface area (Å²) >= 11 is 0. The Morgan fingerprint density at radius 1 is 1.11 bits per heavy atom. The predicted octanol–water partition coefficient (Wildman–Crippen LogP) is 1.08. The fraction of sp³-hybridized carbons (Fsp3) is 0.800. The molecule has 1 amide bonds. The second kappa shape index (κ2) is 6.17. The summed E-state index contributed by atoms with van der Waals surface area (Å²) in [7, 11) is 0. The van der Waals surface area contributed by atoms with Crippen LogP contribution in [0.15, 0.2) is 0 Å². The highest BCUT2D eigenvalue weighted by Crippen LogP contribution is 2.02. The molecule has 0 spiro atoms. The Labute approximate surface area is 67.4 Å². The fourth-order valence-corrected chi connectivity index (χ4v) is 0.847. The van der Waals surface area contributed by atoms with Crippen LogP contribution in [-0.2, 0) is 4.79 Å². The maximum absolute atomic E-state index is 9.93. The summed E-state index contributed by atoms with van der Waals surface area (Å²) in [6.07, 6.45) is 3.31. The summed E-state index contributed by atoms with van der Waals surface area (Å²) in [6, 6.07) is 0. The zero-order valence-electron chi connectivity index (χ0n) is 5.08. The van der Waals surface area contributed by atoms with Crippen LogP contribution in [0, 0.1) is 0 Å². The number of halogens is 2. The molecule has 0 unspecified atom stereocenters. The summed E-state index contributed by atoms with van der Waals surface area (Å²) in [5, 5.41) is 0. The van der Waals surface area contributed by atoms with Gasteiger partial charge in [0.05, 0.1) is 0 Å². The Kier molecular flexibility index (Phi) is 8.09. The molecule has 0 saturated carbocycles. The van der Waals surface area contributed by atoms with E-state index in [1.807, 2.05) is 0 Å². The number of hydrogen-bond donors (Lipinski definition) is 0. The van der Waals surface area contributed by atoms with Crippen molar-refractivity contribution < 1.29 is 4.79 Å². The first-order chi connectivity index (χ1) is 3.43. The number of likely N-dealkylation sites (tertiary alicyclic amines) is 1. The molecule has 56 valence electrons. The van der Waals surface area contributed by atoms with E-state index in [4.69, 9.17) is 0 Å². The van der Waals surface area contributed by atoms with E-state index in [0.717, 1.165) is 19.5 Å². The average molecular weight is 172 g/mol. The van der Waals surface area contributed by atoms with Gasteiger partial charge in [0.15, 0.2) is 0 Å². The van der Waals surface area contributed by atoms with Crippen molar-refractivity contribution in [1.82, 2.24) is 4.90 Å². The van der Waals surface area contributed by atoms with Gasteiger partial charge in [0.1, 0.15) is 0 Å². The summed E-state index contributed by atoms with van der Waals surface area (Å²) in [6.45, 7) is 1.95. The van der Waals surface area contributed by atoms with Crippen LogP contribution < -0.4 is 0 Å². The number of carbonyl (C=O) groups is 1. The van der Waals surface area contributed by atoms with Crippen molar-refractivity contribution in [2.75, 3.05) is 13.1 Å². The van der Waals surface area contributed by atoms with Gasteiger partial charge in [-0.1, -0.05) is 0 Å². The molecule has 0 N–H and O–H groups in total. The van der Waals surface area contributed by atoms with Crippen LogP contribution in [-0.4, -0.2) is 24.4 Å². The van der Waals surface area contributed by atoms with Crippen molar-refractivity contribution in [2.45, 2.75) is 12.8 Å². The van der Waals surface area contributed by atoms with Gasteiger partial charge >= 0.3 is 0 Å². The van der Waals surface area contributed by atoms with Crippen molar-refractivity contribution in [3.05, 3.63) is 0 Å². The van der Waals surface area contributed by atoms with Crippen molar-refractivity contribution >= 4 is 31.2 Å². The Morgan fingerprint density at radius 2 is 1.56 bits per heavy atom. The number of nitrogens with zero attached hydrogens (tertiary/aromatic N) is 1. The van der Waals surface area contributed by atoms with E-state index < -0.39 is 0 Å². The lowest BCUT2D eigenvalue weighted by Crippen LogP contribution is -2.15. The van der Waals surface area contributed by atoms with Gasteiger partial charge in [-0.15, -0.1) is 24.8 Å². The second-order valence-corrected chi connectivity index (χ2v) is 1.85. The molecular weight excluding hydrogens is 161 g/mol. The molecule has 9 heavy (non-hydrogen) atoms.